The third-order valence-electron chi connectivity index (χ3n) is 2.36. The SMILES string of the molecule is CCCCCCCCCC.c1c[nH]cn1. The Kier molecular flexibility index (Phi) is 12.5. The van der Waals surface area contributed by atoms with E-state index in [1.165, 1.54) is 51.4 Å². The van der Waals surface area contributed by atoms with E-state index in [4.69, 9.17) is 0 Å². The van der Waals surface area contributed by atoms with Crippen molar-refractivity contribution in [3.05, 3.63) is 18.7 Å². The normalized spacial score (nSPS) is 9.47. The van der Waals surface area contributed by atoms with E-state index in [1.807, 2.05) is 0 Å². The molecule has 0 bridgehead atoms. The predicted molar refractivity (Wildman–Crippen MR) is 66.9 cm³/mol. The number of nitrogens with zero attached hydrogens (tertiary/aromatic N) is 1. The average Bonchev–Trinajstić information content (AvgIpc) is 2.82. The van der Waals surface area contributed by atoms with Gasteiger partial charge >= 0.3 is 0 Å². The third-order valence-corrected chi connectivity index (χ3v) is 2.36. The first kappa shape index (κ1) is 14.2. The number of imidazole rings is 1. The highest BCUT2D eigenvalue weighted by molar-refractivity contribution is 4.64. The topological polar surface area (TPSA) is 28.7 Å². The van der Waals surface area contributed by atoms with Crippen molar-refractivity contribution in [1.82, 2.24) is 9.97 Å². The molecule has 0 saturated heterocycles. The molecule has 1 heterocycles. The lowest BCUT2D eigenvalue weighted by Crippen LogP contribution is -1.77. The summed E-state index contributed by atoms with van der Waals surface area (Å²) < 4.78 is 0. The van der Waals surface area contributed by atoms with Crippen LogP contribution in [0.2, 0.25) is 0 Å². The fraction of sp³-hybridized carbons (Fsp3) is 0.769. The van der Waals surface area contributed by atoms with Crippen molar-refractivity contribution in [2.75, 3.05) is 0 Å². The smallest absolute Gasteiger partial charge is 0.0919 e. The number of H-pyrrole nitrogens is 1. The molecule has 0 radical (unpaired) electrons. The minimum Gasteiger partial charge on any atom is -0.351 e. The molecule has 0 aliphatic rings. The van der Waals surface area contributed by atoms with Gasteiger partial charge in [-0.1, -0.05) is 65.2 Å². The van der Waals surface area contributed by atoms with E-state index in [-0.39, 0.29) is 0 Å². The van der Waals surface area contributed by atoms with Gasteiger partial charge in [-0.25, -0.2) is 4.98 Å². The van der Waals surface area contributed by atoms with Gasteiger partial charge in [0.2, 0.25) is 0 Å². The Bertz CT molecular complexity index is 145. The van der Waals surface area contributed by atoms with Gasteiger partial charge < -0.3 is 4.98 Å². The quantitative estimate of drug-likeness (QED) is 0.657. The van der Waals surface area contributed by atoms with E-state index in [0.29, 0.717) is 0 Å². The molecule has 0 aromatic carbocycles. The molecule has 2 heteroatoms. The summed E-state index contributed by atoms with van der Waals surface area (Å²) in [6.45, 7) is 4.54. The van der Waals surface area contributed by atoms with Crippen LogP contribution < -0.4 is 0 Å². The molecule has 1 aromatic heterocycles. The largest absolute Gasteiger partial charge is 0.351 e. The van der Waals surface area contributed by atoms with Crippen LogP contribution in [0.25, 0.3) is 0 Å². The monoisotopic (exact) mass is 210 g/mol. The molecular formula is C13H26N2. The van der Waals surface area contributed by atoms with Crippen LogP contribution in [0.4, 0.5) is 0 Å². The molecule has 1 aromatic rings. The van der Waals surface area contributed by atoms with Crippen molar-refractivity contribution in [3.8, 4) is 0 Å². The maximum absolute atomic E-state index is 3.67. The van der Waals surface area contributed by atoms with Crippen molar-refractivity contribution in [2.45, 2.75) is 65.2 Å². The Hall–Kier alpha value is -0.790. The van der Waals surface area contributed by atoms with Crippen LogP contribution in [0.3, 0.4) is 0 Å². The number of nitrogens with one attached hydrogen (secondary N) is 1. The van der Waals surface area contributed by atoms with Crippen molar-refractivity contribution >= 4 is 0 Å². The average molecular weight is 210 g/mol. The summed E-state index contributed by atoms with van der Waals surface area (Å²) in [5, 5.41) is 0. The van der Waals surface area contributed by atoms with Gasteiger partial charge in [0.05, 0.1) is 6.33 Å². The Morgan fingerprint density at radius 1 is 0.867 bits per heavy atom. The number of unbranched alkanes of at least 4 members (excludes halogenated alkanes) is 7. The van der Waals surface area contributed by atoms with Crippen molar-refractivity contribution in [3.63, 3.8) is 0 Å². The van der Waals surface area contributed by atoms with Crippen LogP contribution in [0.15, 0.2) is 18.7 Å². The van der Waals surface area contributed by atoms with Crippen LogP contribution in [0, 0.1) is 0 Å². The van der Waals surface area contributed by atoms with Gasteiger partial charge in [0.1, 0.15) is 0 Å². The highest BCUT2D eigenvalue weighted by atomic mass is 14.8. The molecule has 0 spiro atoms. The van der Waals surface area contributed by atoms with Crippen LogP contribution in [-0.4, -0.2) is 9.97 Å². The van der Waals surface area contributed by atoms with Gasteiger partial charge in [-0.15, -0.1) is 0 Å². The van der Waals surface area contributed by atoms with Gasteiger partial charge in [0.15, 0.2) is 0 Å². The van der Waals surface area contributed by atoms with E-state index < -0.39 is 0 Å². The standard InChI is InChI=1S/C10H22.C3H4N2/c1-3-5-7-9-10-8-6-4-2;1-2-5-3-4-1/h3-10H2,1-2H3;1-3H,(H,4,5). The van der Waals surface area contributed by atoms with Crippen LogP contribution >= 0.6 is 0 Å². The number of aromatic nitrogens is 2. The molecule has 15 heavy (non-hydrogen) atoms. The second kappa shape index (κ2) is 13.2. The molecule has 0 unspecified atom stereocenters. The summed E-state index contributed by atoms with van der Waals surface area (Å²) in [6, 6.07) is 0. The summed E-state index contributed by atoms with van der Waals surface area (Å²) in [5.74, 6) is 0. The zero-order valence-corrected chi connectivity index (χ0v) is 10.3. The lowest BCUT2D eigenvalue weighted by Gasteiger charge is -1.97. The van der Waals surface area contributed by atoms with E-state index in [2.05, 4.69) is 23.8 Å². The maximum Gasteiger partial charge on any atom is 0.0919 e. The van der Waals surface area contributed by atoms with Crippen LogP contribution in [0.5, 0.6) is 0 Å². The van der Waals surface area contributed by atoms with E-state index in [1.54, 1.807) is 18.7 Å². The zero-order valence-electron chi connectivity index (χ0n) is 10.3. The molecule has 0 fully saturated rings. The Labute approximate surface area is 94.5 Å². The lowest BCUT2D eigenvalue weighted by atomic mass is 10.1. The highest BCUT2D eigenvalue weighted by Crippen LogP contribution is 2.07. The third kappa shape index (κ3) is 13.2. The van der Waals surface area contributed by atoms with Crippen molar-refractivity contribution in [2.24, 2.45) is 0 Å². The second-order valence-corrected chi connectivity index (χ2v) is 3.88. The minimum absolute atomic E-state index is 1.37. The first-order chi connectivity index (χ1) is 7.41. The molecule has 88 valence electrons. The summed E-state index contributed by atoms with van der Waals surface area (Å²) in [4.78, 5) is 6.42. The molecule has 2 nitrogen and oxygen atoms in total. The van der Waals surface area contributed by atoms with Crippen molar-refractivity contribution in [1.29, 1.82) is 0 Å². The van der Waals surface area contributed by atoms with Gasteiger partial charge in [0.25, 0.3) is 0 Å². The zero-order chi connectivity index (χ0) is 11.2. The van der Waals surface area contributed by atoms with Gasteiger partial charge in [-0.05, 0) is 0 Å². The first-order valence-corrected chi connectivity index (χ1v) is 6.34. The molecule has 0 atom stereocenters. The molecule has 0 amide bonds. The molecular weight excluding hydrogens is 184 g/mol. The number of hydrogen-bond acceptors (Lipinski definition) is 1. The van der Waals surface area contributed by atoms with Gasteiger partial charge in [-0.3, -0.25) is 0 Å². The lowest BCUT2D eigenvalue weighted by molar-refractivity contribution is 0.585. The van der Waals surface area contributed by atoms with Gasteiger partial charge in [0, 0.05) is 12.4 Å². The number of aromatic amines is 1. The number of rotatable bonds is 7. The van der Waals surface area contributed by atoms with E-state index in [0.717, 1.165) is 0 Å². The summed E-state index contributed by atoms with van der Waals surface area (Å²) >= 11 is 0. The maximum atomic E-state index is 3.67. The van der Waals surface area contributed by atoms with Crippen LogP contribution in [0.1, 0.15) is 65.2 Å². The minimum atomic E-state index is 1.37. The summed E-state index contributed by atoms with van der Waals surface area (Å²) in [5.41, 5.74) is 0. The Morgan fingerprint density at radius 2 is 1.40 bits per heavy atom. The molecule has 0 saturated carbocycles. The van der Waals surface area contributed by atoms with Gasteiger partial charge in [-0.2, -0.15) is 0 Å². The fourth-order valence-corrected chi connectivity index (χ4v) is 1.42. The number of hydrogen-bond donors (Lipinski definition) is 1. The summed E-state index contributed by atoms with van der Waals surface area (Å²) in [7, 11) is 0. The second-order valence-electron chi connectivity index (χ2n) is 3.88. The van der Waals surface area contributed by atoms with Crippen LogP contribution in [-0.2, 0) is 0 Å². The van der Waals surface area contributed by atoms with Crippen molar-refractivity contribution < 1.29 is 0 Å². The molecule has 1 rings (SSSR count). The Morgan fingerprint density at radius 3 is 1.67 bits per heavy atom. The first-order valence-electron chi connectivity index (χ1n) is 6.34. The predicted octanol–water partition coefficient (Wildman–Crippen LogP) is 4.56. The highest BCUT2D eigenvalue weighted by Gasteiger charge is 1.87. The molecule has 1 N–H and O–H groups in total. The van der Waals surface area contributed by atoms with E-state index in [9.17, 15) is 0 Å². The fourth-order valence-electron chi connectivity index (χ4n) is 1.42. The Balaban J connectivity index is 0.000000322. The molecule has 0 aliphatic carbocycles. The molecule has 0 aliphatic heterocycles. The summed E-state index contributed by atoms with van der Waals surface area (Å²) in [6.07, 6.45) is 16.5. The van der Waals surface area contributed by atoms with E-state index >= 15 is 0 Å².